The summed E-state index contributed by atoms with van der Waals surface area (Å²) in [5, 5.41) is 11.5. The summed E-state index contributed by atoms with van der Waals surface area (Å²) < 4.78 is 22.4. The molecule has 6 heteroatoms. The summed E-state index contributed by atoms with van der Waals surface area (Å²) in [7, 11) is -3.63. The zero-order valence-electron chi connectivity index (χ0n) is 11.0. The van der Waals surface area contributed by atoms with E-state index in [-0.39, 0.29) is 10.4 Å². The van der Waals surface area contributed by atoms with Gasteiger partial charge in [0.15, 0.2) is 0 Å². The second-order valence-corrected chi connectivity index (χ2v) is 6.74. The van der Waals surface area contributed by atoms with E-state index < -0.39 is 10.0 Å². The van der Waals surface area contributed by atoms with Crippen LogP contribution in [0.1, 0.15) is 20.8 Å². The molecule has 0 aliphatic rings. The first kappa shape index (κ1) is 14.9. The number of nitrogens with one attached hydrogen (secondary N) is 2. The summed E-state index contributed by atoms with van der Waals surface area (Å²) in [6.07, 6.45) is 0. The molecule has 0 saturated carbocycles. The molecule has 1 rings (SSSR count). The minimum absolute atomic E-state index is 0.0735. The monoisotopic (exact) mass is 271 g/mol. The van der Waals surface area contributed by atoms with E-state index in [1.165, 1.54) is 12.1 Å². The molecule has 1 aromatic rings. The summed E-state index contributed by atoms with van der Waals surface area (Å²) in [5.74, 6) is 0. The Labute approximate surface area is 109 Å². The second-order valence-electron chi connectivity index (χ2n) is 5.18. The lowest BCUT2D eigenvalue weighted by atomic mass is 10.1. The van der Waals surface area contributed by atoms with Crippen LogP contribution in [-0.2, 0) is 10.0 Å². The van der Waals surface area contributed by atoms with Gasteiger partial charge in [0, 0.05) is 24.3 Å². The standard InChI is InChI=1S/C12H21N3O2S/c1-12(2,3)15-8-7-14-10-5-4-6-11(9-10)18(13,16)17/h4-6,9,14-15H,7-8H2,1-3H3,(H2,13,16,17). The molecule has 0 amide bonds. The fraction of sp³-hybridized carbons (Fsp3) is 0.500. The number of benzene rings is 1. The molecule has 0 saturated heterocycles. The molecule has 18 heavy (non-hydrogen) atoms. The molecule has 4 N–H and O–H groups in total. The van der Waals surface area contributed by atoms with Gasteiger partial charge in [-0.3, -0.25) is 0 Å². The van der Waals surface area contributed by atoms with Gasteiger partial charge in [0.25, 0.3) is 0 Å². The normalized spacial score (nSPS) is 12.4. The third kappa shape index (κ3) is 5.48. The molecule has 0 aliphatic carbocycles. The van der Waals surface area contributed by atoms with Gasteiger partial charge in [-0.2, -0.15) is 0 Å². The number of sulfonamides is 1. The molecule has 0 atom stereocenters. The minimum Gasteiger partial charge on any atom is -0.384 e. The van der Waals surface area contributed by atoms with Crippen molar-refractivity contribution in [3.63, 3.8) is 0 Å². The number of rotatable bonds is 5. The van der Waals surface area contributed by atoms with Crippen LogP contribution in [-0.4, -0.2) is 27.0 Å². The molecule has 0 radical (unpaired) electrons. The first-order chi connectivity index (χ1) is 8.18. The molecule has 0 aromatic heterocycles. The fourth-order valence-electron chi connectivity index (χ4n) is 1.43. The SMILES string of the molecule is CC(C)(C)NCCNc1cccc(S(N)(=O)=O)c1. The van der Waals surface area contributed by atoms with E-state index in [1.54, 1.807) is 6.07 Å². The zero-order chi connectivity index (χ0) is 13.8. The van der Waals surface area contributed by atoms with Gasteiger partial charge < -0.3 is 10.6 Å². The Hall–Kier alpha value is -1.11. The Morgan fingerprint density at radius 1 is 1.22 bits per heavy atom. The molecule has 0 bridgehead atoms. The molecule has 5 nitrogen and oxygen atoms in total. The number of primary sulfonamides is 1. The minimum atomic E-state index is -3.63. The lowest BCUT2D eigenvalue weighted by molar-refractivity contribution is 0.435. The van der Waals surface area contributed by atoms with Crippen LogP contribution in [0.25, 0.3) is 0 Å². The Bertz CT molecular complexity index is 492. The molecule has 102 valence electrons. The second kappa shape index (κ2) is 5.69. The quantitative estimate of drug-likeness (QED) is 0.701. The predicted octanol–water partition coefficient (Wildman–Crippen LogP) is 1.13. The van der Waals surface area contributed by atoms with Crippen molar-refractivity contribution in [2.24, 2.45) is 5.14 Å². The van der Waals surface area contributed by atoms with Gasteiger partial charge >= 0.3 is 0 Å². The van der Waals surface area contributed by atoms with Crippen molar-refractivity contribution in [3.05, 3.63) is 24.3 Å². The molecule has 1 aromatic carbocycles. The highest BCUT2D eigenvalue weighted by Crippen LogP contribution is 2.13. The highest BCUT2D eigenvalue weighted by molar-refractivity contribution is 7.89. The third-order valence-corrected chi connectivity index (χ3v) is 3.18. The van der Waals surface area contributed by atoms with Gasteiger partial charge in [0.2, 0.25) is 10.0 Å². The molecule has 0 aliphatic heterocycles. The van der Waals surface area contributed by atoms with Crippen molar-refractivity contribution < 1.29 is 8.42 Å². The molecule has 0 spiro atoms. The maximum atomic E-state index is 11.2. The molecular weight excluding hydrogens is 250 g/mol. The molecule has 0 unspecified atom stereocenters. The Balaban J connectivity index is 2.54. The maximum absolute atomic E-state index is 11.2. The van der Waals surface area contributed by atoms with E-state index in [9.17, 15) is 8.42 Å². The van der Waals surface area contributed by atoms with Crippen LogP contribution in [0.2, 0.25) is 0 Å². The van der Waals surface area contributed by atoms with E-state index in [1.807, 2.05) is 6.07 Å². The summed E-state index contributed by atoms with van der Waals surface area (Å²) >= 11 is 0. The van der Waals surface area contributed by atoms with E-state index in [4.69, 9.17) is 5.14 Å². The van der Waals surface area contributed by atoms with Crippen molar-refractivity contribution in [2.45, 2.75) is 31.2 Å². The summed E-state index contributed by atoms with van der Waals surface area (Å²) in [5.41, 5.74) is 0.821. The van der Waals surface area contributed by atoms with Crippen molar-refractivity contribution in [1.82, 2.24) is 5.32 Å². The number of nitrogens with two attached hydrogens (primary N) is 1. The van der Waals surface area contributed by atoms with Gasteiger partial charge in [-0.15, -0.1) is 0 Å². The summed E-state index contributed by atoms with van der Waals surface area (Å²) in [6.45, 7) is 7.78. The predicted molar refractivity (Wildman–Crippen MR) is 74.1 cm³/mol. The smallest absolute Gasteiger partial charge is 0.238 e. The van der Waals surface area contributed by atoms with Crippen LogP contribution in [0, 0.1) is 0 Å². The van der Waals surface area contributed by atoms with Crippen molar-refractivity contribution in [1.29, 1.82) is 0 Å². The largest absolute Gasteiger partial charge is 0.384 e. The van der Waals surface area contributed by atoms with Gasteiger partial charge in [-0.25, -0.2) is 13.6 Å². The topological polar surface area (TPSA) is 84.2 Å². The lowest BCUT2D eigenvalue weighted by Crippen LogP contribution is -2.38. The number of hydrogen-bond donors (Lipinski definition) is 3. The van der Waals surface area contributed by atoms with Crippen molar-refractivity contribution >= 4 is 15.7 Å². The van der Waals surface area contributed by atoms with E-state index >= 15 is 0 Å². The van der Waals surface area contributed by atoms with Crippen molar-refractivity contribution in [2.75, 3.05) is 18.4 Å². The Kier molecular flexibility index (Phi) is 4.72. The van der Waals surface area contributed by atoms with Gasteiger partial charge in [-0.1, -0.05) is 6.07 Å². The van der Waals surface area contributed by atoms with Gasteiger partial charge in [0.1, 0.15) is 0 Å². The first-order valence-corrected chi connectivity index (χ1v) is 7.35. The Morgan fingerprint density at radius 2 is 1.89 bits per heavy atom. The van der Waals surface area contributed by atoms with Gasteiger partial charge in [0.05, 0.1) is 4.90 Å². The first-order valence-electron chi connectivity index (χ1n) is 5.80. The van der Waals surface area contributed by atoms with E-state index in [2.05, 4.69) is 31.4 Å². The maximum Gasteiger partial charge on any atom is 0.238 e. The van der Waals surface area contributed by atoms with Crippen LogP contribution in [0.5, 0.6) is 0 Å². The molecular formula is C12H21N3O2S. The van der Waals surface area contributed by atoms with E-state index in [0.717, 1.165) is 12.2 Å². The lowest BCUT2D eigenvalue weighted by Gasteiger charge is -2.20. The summed E-state index contributed by atoms with van der Waals surface area (Å²) in [6, 6.07) is 6.49. The van der Waals surface area contributed by atoms with Crippen LogP contribution in [0.4, 0.5) is 5.69 Å². The summed E-state index contributed by atoms with van der Waals surface area (Å²) in [4.78, 5) is 0.122. The van der Waals surface area contributed by atoms with Crippen LogP contribution >= 0.6 is 0 Å². The fourth-order valence-corrected chi connectivity index (χ4v) is 1.99. The zero-order valence-corrected chi connectivity index (χ0v) is 11.8. The number of hydrogen-bond acceptors (Lipinski definition) is 4. The van der Waals surface area contributed by atoms with Crippen LogP contribution < -0.4 is 15.8 Å². The highest BCUT2D eigenvalue weighted by Gasteiger charge is 2.09. The van der Waals surface area contributed by atoms with Gasteiger partial charge in [-0.05, 0) is 39.0 Å². The molecule has 0 heterocycles. The molecule has 0 fully saturated rings. The van der Waals surface area contributed by atoms with Crippen LogP contribution in [0.3, 0.4) is 0 Å². The van der Waals surface area contributed by atoms with E-state index in [0.29, 0.717) is 6.54 Å². The van der Waals surface area contributed by atoms with Crippen molar-refractivity contribution in [3.8, 4) is 0 Å². The van der Waals surface area contributed by atoms with Crippen LogP contribution in [0.15, 0.2) is 29.2 Å². The average Bonchev–Trinajstić information content (AvgIpc) is 2.22. The Morgan fingerprint density at radius 3 is 2.44 bits per heavy atom. The number of anilines is 1. The third-order valence-electron chi connectivity index (χ3n) is 2.27. The average molecular weight is 271 g/mol. The highest BCUT2D eigenvalue weighted by atomic mass is 32.2.